The Morgan fingerprint density at radius 1 is 1.26 bits per heavy atom. The number of thiazole rings is 1. The molecule has 1 N–H and O–H groups in total. The van der Waals surface area contributed by atoms with Gasteiger partial charge in [0.15, 0.2) is 0 Å². The molecule has 27 heavy (non-hydrogen) atoms. The maximum atomic E-state index is 12.9. The van der Waals surface area contributed by atoms with E-state index in [0.717, 1.165) is 22.8 Å². The van der Waals surface area contributed by atoms with E-state index in [1.807, 2.05) is 24.1 Å². The molecule has 1 saturated heterocycles. The van der Waals surface area contributed by atoms with E-state index in [1.165, 1.54) is 17.4 Å². The molecule has 3 rings (SSSR count). The summed E-state index contributed by atoms with van der Waals surface area (Å²) in [6.45, 7) is 5.66. The summed E-state index contributed by atoms with van der Waals surface area (Å²) in [7, 11) is 0. The number of nitrogens with zero attached hydrogens (tertiary/aromatic N) is 3. The van der Waals surface area contributed by atoms with Crippen molar-refractivity contribution >= 4 is 23.1 Å². The quantitative estimate of drug-likeness (QED) is 0.848. The molecule has 2 amide bonds. The summed E-state index contributed by atoms with van der Waals surface area (Å²) in [6, 6.07) is 4.93. The van der Waals surface area contributed by atoms with E-state index in [9.17, 15) is 18.0 Å². The van der Waals surface area contributed by atoms with Crippen molar-refractivity contribution in [1.29, 1.82) is 0 Å². The number of anilines is 1. The number of urea groups is 1. The Kier molecular flexibility index (Phi) is 5.59. The smallest absolute Gasteiger partial charge is 0.368 e. The number of rotatable bonds is 3. The van der Waals surface area contributed by atoms with Crippen LogP contribution in [0.5, 0.6) is 0 Å². The molecule has 1 atom stereocenters. The molecule has 1 aromatic carbocycles. The molecule has 1 aliphatic heterocycles. The van der Waals surface area contributed by atoms with Crippen molar-refractivity contribution in [3.8, 4) is 0 Å². The molecule has 1 aliphatic rings. The second-order valence-electron chi connectivity index (χ2n) is 6.52. The summed E-state index contributed by atoms with van der Waals surface area (Å²) in [6.07, 6.45) is -4.36. The summed E-state index contributed by atoms with van der Waals surface area (Å²) >= 11 is 1.50. The van der Waals surface area contributed by atoms with Gasteiger partial charge in [-0.05, 0) is 32.0 Å². The largest absolute Gasteiger partial charge is 0.416 e. The Hall–Kier alpha value is -2.29. The highest BCUT2D eigenvalue weighted by Gasteiger charge is 2.31. The summed E-state index contributed by atoms with van der Waals surface area (Å²) in [5.41, 5.74) is 0.787. The van der Waals surface area contributed by atoms with Gasteiger partial charge in [0.25, 0.3) is 0 Å². The number of aryl methyl sites for hydroxylation is 1. The van der Waals surface area contributed by atoms with E-state index in [1.54, 1.807) is 11.0 Å². The number of aromatic nitrogens is 1. The Labute approximate surface area is 159 Å². The molecule has 2 aromatic rings. The maximum Gasteiger partial charge on any atom is 0.416 e. The Morgan fingerprint density at radius 2 is 1.96 bits per heavy atom. The van der Waals surface area contributed by atoms with Gasteiger partial charge < -0.3 is 15.1 Å². The lowest BCUT2D eigenvalue weighted by Gasteiger charge is -2.36. The standard InChI is InChI=1S/C18H21F3N4OS/c1-12-11-27-16(22-12)13(2)23-17(26)25-8-6-24(7-9-25)15-5-3-4-14(10-15)18(19,20)21/h3-5,10-11,13H,6-9H2,1-2H3,(H,23,26)/t13-/m1/s1. The van der Waals surface area contributed by atoms with Crippen molar-refractivity contribution in [2.75, 3.05) is 31.1 Å². The lowest BCUT2D eigenvalue weighted by atomic mass is 10.1. The number of halogens is 3. The fourth-order valence-corrected chi connectivity index (χ4v) is 3.76. The van der Waals surface area contributed by atoms with Crippen LogP contribution in [0.25, 0.3) is 0 Å². The fraction of sp³-hybridized carbons (Fsp3) is 0.444. The summed E-state index contributed by atoms with van der Waals surface area (Å²) < 4.78 is 38.6. The van der Waals surface area contributed by atoms with Crippen LogP contribution in [0.2, 0.25) is 0 Å². The minimum Gasteiger partial charge on any atom is -0.368 e. The first-order valence-electron chi connectivity index (χ1n) is 8.63. The minimum atomic E-state index is -4.36. The van der Waals surface area contributed by atoms with Gasteiger partial charge in [-0.15, -0.1) is 11.3 Å². The Bertz CT molecular complexity index is 800. The van der Waals surface area contributed by atoms with Gasteiger partial charge in [0.1, 0.15) is 5.01 Å². The maximum absolute atomic E-state index is 12.9. The van der Waals surface area contributed by atoms with Crippen LogP contribution in [0.3, 0.4) is 0 Å². The highest BCUT2D eigenvalue weighted by Crippen LogP contribution is 2.31. The van der Waals surface area contributed by atoms with Crippen LogP contribution in [0, 0.1) is 6.92 Å². The number of carbonyl (C=O) groups is 1. The zero-order valence-corrected chi connectivity index (χ0v) is 15.9. The van der Waals surface area contributed by atoms with Gasteiger partial charge >= 0.3 is 12.2 Å². The Balaban J connectivity index is 1.56. The third-order valence-corrected chi connectivity index (χ3v) is 5.60. The normalized spacial score (nSPS) is 16.3. The molecular formula is C18H21F3N4OS. The lowest BCUT2D eigenvalue weighted by Crippen LogP contribution is -2.52. The van der Waals surface area contributed by atoms with Crippen molar-refractivity contribution in [3.05, 3.63) is 45.9 Å². The highest BCUT2D eigenvalue weighted by atomic mass is 32.1. The van der Waals surface area contributed by atoms with Crippen molar-refractivity contribution in [2.24, 2.45) is 0 Å². The van der Waals surface area contributed by atoms with Crippen LogP contribution in [-0.4, -0.2) is 42.1 Å². The van der Waals surface area contributed by atoms with Crippen LogP contribution in [0.15, 0.2) is 29.6 Å². The van der Waals surface area contributed by atoms with Crippen LogP contribution in [0.4, 0.5) is 23.7 Å². The first-order valence-corrected chi connectivity index (χ1v) is 9.51. The first kappa shape index (κ1) is 19.5. The molecule has 1 aromatic heterocycles. The van der Waals surface area contributed by atoms with Crippen molar-refractivity contribution in [2.45, 2.75) is 26.1 Å². The van der Waals surface area contributed by atoms with Crippen molar-refractivity contribution < 1.29 is 18.0 Å². The van der Waals surface area contributed by atoms with Gasteiger partial charge in [-0.2, -0.15) is 13.2 Å². The minimum absolute atomic E-state index is 0.181. The third kappa shape index (κ3) is 4.71. The van der Waals surface area contributed by atoms with E-state index in [0.29, 0.717) is 31.9 Å². The topological polar surface area (TPSA) is 48.5 Å². The number of carbonyl (C=O) groups excluding carboxylic acids is 1. The predicted octanol–water partition coefficient (Wildman–Crippen LogP) is 4.06. The molecular weight excluding hydrogens is 377 g/mol. The van der Waals surface area contributed by atoms with E-state index in [4.69, 9.17) is 0 Å². The monoisotopic (exact) mass is 398 g/mol. The van der Waals surface area contributed by atoms with E-state index in [-0.39, 0.29) is 12.1 Å². The SMILES string of the molecule is Cc1csc([C@@H](C)NC(=O)N2CCN(c3cccc(C(F)(F)F)c3)CC2)n1. The van der Waals surface area contributed by atoms with Crippen LogP contribution in [0.1, 0.15) is 29.2 Å². The lowest BCUT2D eigenvalue weighted by molar-refractivity contribution is -0.137. The number of hydrogen-bond donors (Lipinski definition) is 1. The number of hydrogen-bond acceptors (Lipinski definition) is 4. The number of nitrogens with one attached hydrogen (secondary N) is 1. The van der Waals surface area contributed by atoms with Crippen LogP contribution < -0.4 is 10.2 Å². The van der Waals surface area contributed by atoms with Crippen molar-refractivity contribution in [3.63, 3.8) is 0 Å². The average molecular weight is 398 g/mol. The zero-order chi connectivity index (χ0) is 19.6. The highest BCUT2D eigenvalue weighted by molar-refractivity contribution is 7.09. The summed E-state index contributed by atoms with van der Waals surface area (Å²) in [5, 5.41) is 5.72. The third-order valence-electron chi connectivity index (χ3n) is 4.45. The molecule has 0 spiro atoms. The van der Waals surface area contributed by atoms with E-state index >= 15 is 0 Å². The fourth-order valence-electron chi connectivity index (χ4n) is 2.96. The number of amides is 2. The van der Waals surface area contributed by atoms with E-state index < -0.39 is 11.7 Å². The van der Waals surface area contributed by atoms with Crippen LogP contribution in [-0.2, 0) is 6.18 Å². The molecule has 0 bridgehead atoms. The molecule has 1 fully saturated rings. The molecule has 2 heterocycles. The van der Waals surface area contributed by atoms with Gasteiger partial charge in [-0.1, -0.05) is 6.07 Å². The van der Waals surface area contributed by atoms with E-state index in [2.05, 4.69) is 10.3 Å². The summed E-state index contributed by atoms with van der Waals surface area (Å²) in [4.78, 5) is 20.4. The van der Waals surface area contributed by atoms with Gasteiger partial charge in [0, 0.05) is 42.9 Å². The number of benzene rings is 1. The number of piperazine rings is 1. The second kappa shape index (κ2) is 7.75. The van der Waals surface area contributed by atoms with Crippen LogP contribution >= 0.6 is 11.3 Å². The Morgan fingerprint density at radius 3 is 2.56 bits per heavy atom. The molecule has 0 unspecified atom stereocenters. The average Bonchev–Trinajstić information content (AvgIpc) is 3.08. The molecule has 146 valence electrons. The van der Waals surface area contributed by atoms with Gasteiger partial charge in [-0.3, -0.25) is 0 Å². The number of alkyl halides is 3. The van der Waals surface area contributed by atoms with Crippen molar-refractivity contribution in [1.82, 2.24) is 15.2 Å². The van der Waals surface area contributed by atoms with Gasteiger partial charge in [-0.25, -0.2) is 9.78 Å². The molecule has 5 nitrogen and oxygen atoms in total. The molecule has 9 heteroatoms. The molecule has 0 radical (unpaired) electrons. The summed E-state index contributed by atoms with van der Waals surface area (Å²) in [5.74, 6) is 0. The molecule has 0 aliphatic carbocycles. The van der Waals surface area contributed by atoms with Gasteiger partial charge in [0.2, 0.25) is 0 Å². The zero-order valence-electron chi connectivity index (χ0n) is 15.1. The van der Waals surface area contributed by atoms with Gasteiger partial charge in [0.05, 0.1) is 11.6 Å². The second-order valence-corrected chi connectivity index (χ2v) is 7.41. The first-order chi connectivity index (χ1) is 12.7. The molecule has 0 saturated carbocycles. The predicted molar refractivity (Wildman–Crippen MR) is 99.0 cm³/mol.